The molecule has 166 valence electrons. The SMILES string of the molecule is CC(O)(Cn1cc(-c2ccc(F)cc2)c(F)n1)C(=O)Nc1ccc(C#N)c(C(F)(F)F)c1. The maximum absolute atomic E-state index is 14.2. The molecule has 0 aliphatic heterocycles. The largest absolute Gasteiger partial charge is 0.417 e. The highest BCUT2D eigenvalue weighted by Gasteiger charge is 2.35. The van der Waals surface area contributed by atoms with E-state index in [0.29, 0.717) is 11.6 Å². The molecule has 0 bridgehead atoms. The summed E-state index contributed by atoms with van der Waals surface area (Å²) in [6, 6.07) is 8.88. The standard InChI is InChI=1S/C21H15F5N4O2/c1-20(32,11-30-10-16(18(23)29-30)12-2-5-14(22)6-3-12)19(31)28-15-7-4-13(9-27)17(8-15)21(24,25)26/h2-8,10,32H,11H2,1H3,(H,28,31). The van der Waals surface area contributed by atoms with Crippen molar-refractivity contribution >= 4 is 11.6 Å². The first-order valence-electron chi connectivity index (χ1n) is 9.05. The molecule has 11 heteroatoms. The van der Waals surface area contributed by atoms with E-state index in [0.717, 1.165) is 35.9 Å². The molecule has 0 spiro atoms. The van der Waals surface area contributed by atoms with Crippen molar-refractivity contribution in [1.29, 1.82) is 5.26 Å². The molecular weight excluding hydrogens is 435 g/mol. The van der Waals surface area contributed by atoms with Gasteiger partial charge in [0.05, 0.1) is 29.3 Å². The smallest absolute Gasteiger partial charge is 0.378 e. The summed E-state index contributed by atoms with van der Waals surface area (Å²) in [6.07, 6.45) is -3.62. The lowest BCUT2D eigenvalue weighted by molar-refractivity contribution is -0.138. The van der Waals surface area contributed by atoms with Gasteiger partial charge in [-0.15, -0.1) is 5.10 Å². The fraction of sp³-hybridized carbons (Fsp3) is 0.190. The lowest BCUT2D eigenvalue weighted by atomic mass is 10.0. The van der Waals surface area contributed by atoms with Crippen LogP contribution in [0.4, 0.5) is 27.6 Å². The van der Waals surface area contributed by atoms with Gasteiger partial charge < -0.3 is 10.4 Å². The van der Waals surface area contributed by atoms with E-state index in [1.807, 2.05) is 0 Å². The number of aliphatic hydroxyl groups is 1. The van der Waals surface area contributed by atoms with Crippen molar-refractivity contribution in [1.82, 2.24) is 9.78 Å². The fourth-order valence-electron chi connectivity index (χ4n) is 2.91. The van der Waals surface area contributed by atoms with E-state index in [-0.39, 0.29) is 11.3 Å². The number of carbonyl (C=O) groups is 1. The monoisotopic (exact) mass is 450 g/mol. The highest BCUT2D eigenvalue weighted by molar-refractivity contribution is 5.96. The van der Waals surface area contributed by atoms with Crippen LogP contribution in [0.15, 0.2) is 48.7 Å². The number of alkyl halides is 3. The number of nitriles is 1. The summed E-state index contributed by atoms with van der Waals surface area (Å²) >= 11 is 0. The Labute approximate surface area is 178 Å². The molecular formula is C21H15F5N4O2. The first kappa shape index (κ1) is 22.9. The summed E-state index contributed by atoms with van der Waals surface area (Å²) in [7, 11) is 0. The van der Waals surface area contributed by atoms with Crippen molar-refractivity contribution in [3.63, 3.8) is 0 Å². The molecule has 1 atom stereocenters. The third-order valence-corrected chi connectivity index (χ3v) is 4.53. The highest BCUT2D eigenvalue weighted by atomic mass is 19.4. The van der Waals surface area contributed by atoms with Gasteiger partial charge in [-0.3, -0.25) is 9.48 Å². The molecule has 1 aromatic heterocycles. The third-order valence-electron chi connectivity index (χ3n) is 4.53. The van der Waals surface area contributed by atoms with Crippen LogP contribution >= 0.6 is 0 Å². The lowest BCUT2D eigenvalue weighted by Gasteiger charge is -2.22. The van der Waals surface area contributed by atoms with Crippen LogP contribution in [-0.4, -0.2) is 26.4 Å². The summed E-state index contributed by atoms with van der Waals surface area (Å²) in [4.78, 5) is 12.5. The van der Waals surface area contributed by atoms with Crippen LogP contribution in [0.3, 0.4) is 0 Å². The zero-order chi connectivity index (χ0) is 23.7. The van der Waals surface area contributed by atoms with Crippen molar-refractivity contribution in [2.45, 2.75) is 25.2 Å². The number of anilines is 1. The summed E-state index contributed by atoms with van der Waals surface area (Å²) in [5, 5.41) is 25.1. The Morgan fingerprint density at radius 1 is 1.19 bits per heavy atom. The van der Waals surface area contributed by atoms with E-state index < -0.39 is 47.1 Å². The number of hydrogen-bond acceptors (Lipinski definition) is 4. The van der Waals surface area contributed by atoms with Crippen LogP contribution in [0.5, 0.6) is 0 Å². The van der Waals surface area contributed by atoms with Crippen molar-refractivity contribution in [3.8, 4) is 17.2 Å². The van der Waals surface area contributed by atoms with E-state index >= 15 is 0 Å². The first-order chi connectivity index (χ1) is 14.9. The maximum Gasteiger partial charge on any atom is 0.417 e. The van der Waals surface area contributed by atoms with Crippen molar-refractivity contribution in [2.75, 3.05) is 5.32 Å². The van der Waals surface area contributed by atoms with Crippen LogP contribution < -0.4 is 5.32 Å². The van der Waals surface area contributed by atoms with Crippen molar-refractivity contribution in [2.24, 2.45) is 0 Å². The van der Waals surface area contributed by atoms with Crippen molar-refractivity contribution < 1.29 is 31.9 Å². The van der Waals surface area contributed by atoms with Gasteiger partial charge in [-0.2, -0.15) is 22.8 Å². The van der Waals surface area contributed by atoms with Crippen LogP contribution in [0.2, 0.25) is 0 Å². The normalized spacial score (nSPS) is 13.3. The summed E-state index contributed by atoms with van der Waals surface area (Å²) < 4.78 is 67.5. The summed E-state index contributed by atoms with van der Waals surface area (Å²) in [5.74, 6) is -2.51. The molecule has 0 fully saturated rings. The quantitative estimate of drug-likeness (QED) is 0.573. The van der Waals surface area contributed by atoms with Gasteiger partial charge in [0.25, 0.3) is 5.91 Å². The molecule has 1 heterocycles. The summed E-state index contributed by atoms with van der Waals surface area (Å²) in [6.45, 7) is 0.549. The molecule has 3 aromatic rings. The molecule has 2 N–H and O–H groups in total. The molecule has 6 nitrogen and oxygen atoms in total. The molecule has 0 aliphatic rings. The maximum atomic E-state index is 14.2. The van der Waals surface area contributed by atoms with Crippen molar-refractivity contribution in [3.05, 3.63) is 71.6 Å². The molecule has 0 radical (unpaired) electrons. The Morgan fingerprint density at radius 3 is 2.44 bits per heavy atom. The molecule has 0 saturated carbocycles. The van der Waals surface area contributed by atoms with E-state index in [4.69, 9.17) is 5.26 Å². The number of hydrogen-bond donors (Lipinski definition) is 2. The van der Waals surface area contributed by atoms with Crippen LogP contribution in [0.1, 0.15) is 18.1 Å². The number of carbonyl (C=O) groups excluding carboxylic acids is 1. The number of nitrogens with zero attached hydrogens (tertiary/aromatic N) is 3. The first-order valence-corrected chi connectivity index (χ1v) is 9.05. The Hall–Kier alpha value is -3.78. The van der Waals surface area contributed by atoms with E-state index in [2.05, 4.69) is 10.4 Å². The highest BCUT2D eigenvalue weighted by Crippen LogP contribution is 2.33. The number of nitrogens with one attached hydrogen (secondary N) is 1. The lowest BCUT2D eigenvalue weighted by Crippen LogP contribution is -2.43. The Morgan fingerprint density at radius 2 is 1.84 bits per heavy atom. The number of benzene rings is 2. The van der Waals surface area contributed by atoms with Gasteiger partial charge in [0.15, 0.2) is 5.60 Å². The second kappa shape index (κ2) is 8.39. The second-order valence-electron chi connectivity index (χ2n) is 7.14. The number of rotatable bonds is 5. The van der Waals surface area contributed by atoms with Crippen LogP contribution in [0, 0.1) is 23.1 Å². The van der Waals surface area contributed by atoms with Crippen LogP contribution in [0.25, 0.3) is 11.1 Å². The van der Waals surface area contributed by atoms with Gasteiger partial charge in [-0.05, 0) is 42.8 Å². The average molecular weight is 450 g/mol. The summed E-state index contributed by atoms with van der Waals surface area (Å²) in [5.41, 5.74) is -4.02. The topological polar surface area (TPSA) is 90.9 Å². The van der Waals surface area contributed by atoms with Gasteiger partial charge in [0.2, 0.25) is 5.95 Å². The van der Waals surface area contributed by atoms with E-state index in [1.54, 1.807) is 0 Å². The molecule has 3 rings (SSSR count). The number of amides is 1. The molecule has 0 saturated heterocycles. The van der Waals surface area contributed by atoms with Gasteiger partial charge in [-0.25, -0.2) is 4.39 Å². The van der Waals surface area contributed by atoms with Gasteiger partial charge >= 0.3 is 6.18 Å². The average Bonchev–Trinajstić information content (AvgIpc) is 3.07. The Kier molecular flexibility index (Phi) is 6.00. The third kappa shape index (κ3) is 4.92. The second-order valence-corrected chi connectivity index (χ2v) is 7.14. The Bertz CT molecular complexity index is 1190. The Balaban J connectivity index is 1.79. The van der Waals surface area contributed by atoms with Gasteiger partial charge in [-0.1, -0.05) is 12.1 Å². The minimum absolute atomic E-state index is 0.00289. The van der Waals surface area contributed by atoms with Crippen LogP contribution in [-0.2, 0) is 17.5 Å². The minimum Gasteiger partial charge on any atom is -0.378 e. The predicted molar refractivity (Wildman–Crippen MR) is 103 cm³/mol. The minimum atomic E-state index is -4.82. The zero-order valence-corrected chi connectivity index (χ0v) is 16.4. The fourth-order valence-corrected chi connectivity index (χ4v) is 2.91. The van der Waals surface area contributed by atoms with E-state index in [9.17, 15) is 31.9 Å². The molecule has 1 amide bonds. The molecule has 1 unspecified atom stereocenters. The molecule has 32 heavy (non-hydrogen) atoms. The molecule has 2 aromatic carbocycles. The zero-order valence-electron chi connectivity index (χ0n) is 16.4. The van der Waals surface area contributed by atoms with Gasteiger partial charge in [0, 0.05) is 11.9 Å². The number of aromatic nitrogens is 2. The molecule has 0 aliphatic carbocycles. The predicted octanol–water partition coefficient (Wildman–Crippen LogP) is 4.11. The number of halogens is 5. The van der Waals surface area contributed by atoms with E-state index in [1.165, 1.54) is 24.4 Å². The van der Waals surface area contributed by atoms with Gasteiger partial charge in [0.1, 0.15) is 5.82 Å².